The zero-order valence-electron chi connectivity index (χ0n) is 8.12. The van der Waals surface area contributed by atoms with Crippen molar-refractivity contribution in [3.63, 3.8) is 0 Å². The molecule has 0 unspecified atom stereocenters. The number of hydrogen-bond acceptors (Lipinski definition) is 4. The minimum Gasteiger partial charge on any atom is -0.480 e. The maximum Gasteiger partial charge on any atom is 0.320 e. The van der Waals surface area contributed by atoms with Crippen LogP contribution in [-0.2, 0) is 9.59 Å². The molecule has 6 nitrogen and oxygen atoms in total. The Morgan fingerprint density at radius 1 is 1.50 bits per heavy atom. The van der Waals surface area contributed by atoms with Gasteiger partial charge >= 0.3 is 11.9 Å². The Balaban J connectivity index is 0.000000255. The van der Waals surface area contributed by atoms with Crippen molar-refractivity contribution in [1.82, 2.24) is 10.6 Å². The molecule has 0 aliphatic carbocycles. The van der Waals surface area contributed by atoms with Gasteiger partial charge in [0.1, 0.15) is 6.04 Å². The molecule has 1 fully saturated rings. The van der Waals surface area contributed by atoms with E-state index in [0.29, 0.717) is 0 Å². The molecule has 1 aliphatic rings. The van der Waals surface area contributed by atoms with Crippen LogP contribution >= 0.6 is 0 Å². The van der Waals surface area contributed by atoms with Crippen LogP contribution in [0.25, 0.3) is 0 Å². The molecule has 1 saturated heterocycles. The van der Waals surface area contributed by atoms with Crippen LogP contribution in [0.15, 0.2) is 0 Å². The molecule has 0 saturated carbocycles. The summed E-state index contributed by atoms with van der Waals surface area (Å²) in [6.07, 6.45) is 1.78. The van der Waals surface area contributed by atoms with Crippen molar-refractivity contribution in [2.24, 2.45) is 0 Å². The number of rotatable bonds is 3. The standard InChI is InChI=1S/C5H9NO2.C3H7NO2/c7-5(8)4-2-1-3-6-4;1-4-2-3(5)6/h4,6H,1-3H2,(H,7,8);4H,2H2,1H3,(H,5,6)/t4-;/m0./s1. The summed E-state index contributed by atoms with van der Waals surface area (Å²) in [4.78, 5) is 19.7. The summed E-state index contributed by atoms with van der Waals surface area (Å²) >= 11 is 0. The van der Waals surface area contributed by atoms with Crippen LogP contribution in [0.4, 0.5) is 0 Å². The minimum absolute atomic E-state index is 0.0417. The molecule has 0 spiro atoms. The van der Waals surface area contributed by atoms with Crippen LogP contribution in [-0.4, -0.2) is 48.3 Å². The van der Waals surface area contributed by atoms with Gasteiger partial charge in [0.25, 0.3) is 0 Å². The molecule has 0 radical (unpaired) electrons. The molecule has 0 amide bonds. The van der Waals surface area contributed by atoms with Gasteiger partial charge in [-0.1, -0.05) is 0 Å². The zero-order valence-corrected chi connectivity index (χ0v) is 8.12. The molecule has 1 atom stereocenters. The number of hydrogen-bond donors (Lipinski definition) is 4. The Hall–Kier alpha value is -1.14. The molecule has 4 N–H and O–H groups in total. The molecular formula is C8H16N2O4. The van der Waals surface area contributed by atoms with E-state index < -0.39 is 11.9 Å². The molecule has 14 heavy (non-hydrogen) atoms. The first-order chi connectivity index (χ1) is 6.57. The minimum atomic E-state index is -0.822. The molecular weight excluding hydrogens is 188 g/mol. The molecule has 1 rings (SSSR count). The molecule has 1 aliphatic heterocycles. The highest BCUT2D eigenvalue weighted by atomic mass is 16.4. The van der Waals surface area contributed by atoms with E-state index >= 15 is 0 Å². The monoisotopic (exact) mass is 204 g/mol. The van der Waals surface area contributed by atoms with Crippen molar-refractivity contribution in [2.45, 2.75) is 18.9 Å². The summed E-state index contributed by atoms with van der Waals surface area (Å²) in [6.45, 7) is 0.900. The van der Waals surface area contributed by atoms with Crippen LogP contribution in [0, 0.1) is 0 Å². The van der Waals surface area contributed by atoms with Gasteiger partial charge in [-0.3, -0.25) is 9.59 Å². The second kappa shape index (κ2) is 7.28. The molecule has 1 heterocycles. The Morgan fingerprint density at radius 3 is 2.29 bits per heavy atom. The third-order valence-electron chi connectivity index (χ3n) is 1.69. The number of likely N-dealkylation sites (N-methyl/N-ethyl adjacent to an activating group) is 1. The zero-order chi connectivity index (χ0) is 11.0. The fraction of sp³-hybridized carbons (Fsp3) is 0.750. The van der Waals surface area contributed by atoms with Gasteiger partial charge in [0, 0.05) is 0 Å². The summed E-state index contributed by atoms with van der Waals surface area (Å²) < 4.78 is 0. The SMILES string of the molecule is CNCC(=O)O.O=C(O)[C@@H]1CCCN1. The lowest BCUT2D eigenvalue weighted by Crippen LogP contribution is -2.29. The summed E-state index contributed by atoms with van der Waals surface area (Å²) in [7, 11) is 1.59. The molecule has 0 bridgehead atoms. The smallest absolute Gasteiger partial charge is 0.320 e. The first kappa shape index (κ1) is 12.9. The predicted molar refractivity (Wildman–Crippen MR) is 50.2 cm³/mol. The first-order valence-corrected chi connectivity index (χ1v) is 4.40. The van der Waals surface area contributed by atoms with E-state index in [1.54, 1.807) is 7.05 Å². The molecule has 0 aromatic carbocycles. The summed E-state index contributed by atoms with van der Waals surface area (Å²) in [5, 5.41) is 21.5. The van der Waals surface area contributed by atoms with E-state index in [0.717, 1.165) is 19.4 Å². The lowest BCUT2D eigenvalue weighted by molar-refractivity contribution is -0.139. The van der Waals surface area contributed by atoms with Crippen LogP contribution in [0.5, 0.6) is 0 Å². The van der Waals surface area contributed by atoms with E-state index in [1.807, 2.05) is 0 Å². The van der Waals surface area contributed by atoms with Crippen molar-refractivity contribution in [3.05, 3.63) is 0 Å². The lowest BCUT2D eigenvalue weighted by Gasteiger charge is -1.99. The Kier molecular flexibility index (Phi) is 6.69. The van der Waals surface area contributed by atoms with Crippen molar-refractivity contribution in [3.8, 4) is 0 Å². The van der Waals surface area contributed by atoms with Gasteiger partial charge in [-0.25, -0.2) is 0 Å². The van der Waals surface area contributed by atoms with E-state index in [1.165, 1.54) is 0 Å². The molecule has 82 valence electrons. The van der Waals surface area contributed by atoms with Gasteiger partial charge in [-0.15, -0.1) is 0 Å². The average Bonchev–Trinajstić information content (AvgIpc) is 2.56. The van der Waals surface area contributed by atoms with Crippen LogP contribution in [0.2, 0.25) is 0 Å². The summed E-state index contributed by atoms with van der Waals surface area (Å²) in [5.41, 5.74) is 0. The Labute approximate surface area is 82.3 Å². The van der Waals surface area contributed by atoms with Gasteiger partial charge in [-0.05, 0) is 26.4 Å². The predicted octanol–water partition coefficient (Wildman–Crippen LogP) is -0.887. The van der Waals surface area contributed by atoms with Crippen molar-refractivity contribution < 1.29 is 19.8 Å². The maximum absolute atomic E-state index is 10.1. The van der Waals surface area contributed by atoms with E-state index in [9.17, 15) is 9.59 Å². The third kappa shape index (κ3) is 6.38. The molecule has 0 aromatic heterocycles. The van der Waals surface area contributed by atoms with Crippen molar-refractivity contribution >= 4 is 11.9 Å². The maximum atomic E-state index is 10.1. The number of carbonyl (C=O) groups is 2. The van der Waals surface area contributed by atoms with Crippen LogP contribution in [0.3, 0.4) is 0 Å². The first-order valence-electron chi connectivity index (χ1n) is 4.40. The number of aliphatic carboxylic acids is 2. The fourth-order valence-corrected chi connectivity index (χ4v) is 1.05. The summed E-state index contributed by atoms with van der Waals surface area (Å²) in [6, 6.07) is -0.269. The Bertz CT molecular complexity index is 190. The quantitative estimate of drug-likeness (QED) is 0.476. The van der Waals surface area contributed by atoms with Crippen molar-refractivity contribution in [1.29, 1.82) is 0 Å². The average molecular weight is 204 g/mol. The second-order valence-electron chi connectivity index (χ2n) is 2.91. The number of carboxylic acids is 2. The highest BCUT2D eigenvalue weighted by molar-refractivity contribution is 5.73. The highest BCUT2D eigenvalue weighted by Crippen LogP contribution is 2.03. The van der Waals surface area contributed by atoms with Gasteiger partial charge in [0.05, 0.1) is 6.54 Å². The normalized spacial score (nSPS) is 19.6. The fourth-order valence-electron chi connectivity index (χ4n) is 1.05. The van der Waals surface area contributed by atoms with Gasteiger partial charge in [0.2, 0.25) is 0 Å². The Morgan fingerprint density at radius 2 is 2.14 bits per heavy atom. The van der Waals surface area contributed by atoms with Gasteiger partial charge in [0.15, 0.2) is 0 Å². The lowest BCUT2D eigenvalue weighted by atomic mass is 10.2. The van der Waals surface area contributed by atoms with Crippen LogP contribution < -0.4 is 10.6 Å². The number of nitrogens with one attached hydrogen (secondary N) is 2. The largest absolute Gasteiger partial charge is 0.480 e. The van der Waals surface area contributed by atoms with E-state index in [-0.39, 0.29) is 12.6 Å². The highest BCUT2D eigenvalue weighted by Gasteiger charge is 2.20. The topological polar surface area (TPSA) is 98.7 Å². The van der Waals surface area contributed by atoms with E-state index in [2.05, 4.69) is 10.6 Å². The molecule has 6 heteroatoms. The molecule has 0 aromatic rings. The number of carboxylic acid groups (broad SMARTS) is 2. The third-order valence-corrected chi connectivity index (χ3v) is 1.69. The van der Waals surface area contributed by atoms with Gasteiger partial charge < -0.3 is 20.8 Å². The van der Waals surface area contributed by atoms with Crippen molar-refractivity contribution in [2.75, 3.05) is 20.1 Å². The van der Waals surface area contributed by atoms with E-state index in [4.69, 9.17) is 10.2 Å². The van der Waals surface area contributed by atoms with Crippen LogP contribution in [0.1, 0.15) is 12.8 Å². The second-order valence-corrected chi connectivity index (χ2v) is 2.91. The summed E-state index contributed by atoms with van der Waals surface area (Å²) in [5.74, 6) is -1.54. The van der Waals surface area contributed by atoms with Gasteiger partial charge in [-0.2, -0.15) is 0 Å².